The van der Waals surface area contributed by atoms with Gasteiger partial charge in [0, 0.05) is 26.2 Å². The van der Waals surface area contributed by atoms with Crippen LogP contribution in [0.3, 0.4) is 0 Å². The van der Waals surface area contributed by atoms with E-state index in [0.29, 0.717) is 29.7 Å². The first-order valence-corrected chi connectivity index (χ1v) is 7.94. The Bertz CT molecular complexity index is 1000. The quantitative estimate of drug-likeness (QED) is 0.744. The molecule has 0 aliphatic carbocycles. The molecule has 1 N–H and O–H groups in total. The molecule has 0 spiro atoms. The lowest BCUT2D eigenvalue weighted by atomic mass is 10.2. The minimum absolute atomic E-state index is 0.00412. The monoisotopic (exact) mass is 338 g/mol. The average molecular weight is 338 g/mol. The van der Waals surface area contributed by atoms with E-state index in [0.717, 1.165) is 5.69 Å². The van der Waals surface area contributed by atoms with Crippen molar-refractivity contribution in [2.24, 2.45) is 7.05 Å². The summed E-state index contributed by atoms with van der Waals surface area (Å²) in [5.74, 6) is -0.385. The molecule has 0 radical (unpaired) electrons. The van der Waals surface area contributed by atoms with Gasteiger partial charge in [0.05, 0.1) is 16.6 Å². The molecule has 0 bridgehead atoms. The van der Waals surface area contributed by atoms with Crippen molar-refractivity contribution in [3.63, 3.8) is 0 Å². The topological polar surface area (TPSA) is 90.0 Å². The van der Waals surface area contributed by atoms with E-state index in [-0.39, 0.29) is 12.0 Å². The highest BCUT2D eigenvalue weighted by atomic mass is 16.4. The summed E-state index contributed by atoms with van der Waals surface area (Å²) in [6.07, 6.45) is 5.64. The number of nitrogens with zero attached hydrogens (tertiary/aromatic N) is 4. The van der Waals surface area contributed by atoms with Crippen LogP contribution in [0.1, 0.15) is 24.4 Å². The second-order valence-corrected chi connectivity index (χ2v) is 5.65. The third kappa shape index (κ3) is 3.65. The third-order valence-corrected chi connectivity index (χ3v) is 3.93. The number of aromatic nitrogens is 4. The number of hydrogen-bond donors (Lipinski definition) is 1. The Morgan fingerprint density at radius 2 is 2.04 bits per heavy atom. The number of aryl methyl sites for hydroxylation is 1. The second-order valence-electron chi connectivity index (χ2n) is 5.65. The van der Waals surface area contributed by atoms with Gasteiger partial charge in [0.25, 0.3) is 5.56 Å². The normalized spacial score (nSPS) is 11.4. The van der Waals surface area contributed by atoms with Crippen LogP contribution in [-0.2, 0) is 18.4 Å². The standard InChI is InChI=1S/C18H18N4O3/c1-21-13(10-11-19-21)8-9-16-20-15-6-3-2-5-14(15)18(25)22(16)12-4-7-17(23)24/h2-3,5-6,8-11H,4,7,12H2,1H3,(H,23,24)/b9-8-. The van der Waals surface area contributed by atoms with Crippen molar-refractivity contribution in [1.29, 1.82) is 0 Å². The minimum atomic E-state index is -0.881. The maximum atomic E-state index is 12.8. The van der Waals surface area contributed by atoms with Crippen molar-refractivity contribution >= 4 is 29.0 Å². The second kappa shape index (κ2) is 7.12. The molecule has 0 aliphatic heterocycles. The van der Waals surface area contributed by atoms with Gasteiger partial charge in [0.15, 0.2) is 0 Å². The highest BCUT2D eigenvalue weighted by Gasteiger charge is 2.09. The first kappa shape index (κ1) is 16.6. The molecule has 3 aromatic rings. The number of benzene rings is 1. The highest BCUT2D eigenvalue weighted by Crippen LogP contribution is 2.11. The number of para-hydroxylation sites is 1. The van der Waals surface area contributed by atoms with Crippen molar-refractivity contribution in [2.45, 2.75) is 19.4 Å². The predicted molar refractivity (Wildman–Crippen MR) is 95.0 cm³/mol. The van der Waals surface area contributed by atoms with Gasteiger partial charge in [-0.2, -0.15) is 5.10 Å². The lowest BCUT2D eigenvalue weighted by Gasteiger charge is -2.10. The zero-order valence-electron chi connectivity index (χ0n) is 13.8. The minimum Gasteiger partial charge on any atom is -0.481 e. The van der Waals surface area contributed by atoms with E-state index < -0.39 is 5.97 Å². The summed E-state index contributed by atoms with van der Waals surface area (Å²) in [7, 11) is 1.83. The van der Waals surface area contributed by atoms with Crippen LogP contribution in [0.15, 0.2) is 41.3 Å². The molecular weight excluding hydrogens is 320 g/mol. The number of rotatable bonds is 6. The summed E-state index contributed by atoms with van der Waals surface area (Å²) in [6, 6.07) is 8.99. The van der Waals surface area contributed by atoms with E-state index >= 15 is 0 Å². The van der Waals surface area contributed by atoms with Crippen molar-refractivity contribution in [3.05, 3.63) is 58.4 Å². The van der Waals surface area contributed by atoms with Gasteiger partial charge in [0.1, 0.15) is 5.82 Å². The van der Waals surface area contributed by atoms with Gasteiger partial charge in [-0.1, -0.05) is 12.1 Å². The van der Waals surface area contributed by atoms with Gasteiger partial charge in [-0.05, 0) is 36.8 Å². The molecule has 7 heteroatoms. The van der Waals surface area contributed by atoms with Crippen molar-refractivity contribution in [3.8, 4) is 0 Å². The molecule has 0 aliphatic rings. The molecule has 0 saturated carbocycles. The third-order valence-electron chi connectivity index (χ3n) is 3.93. The summed E-state index contributed by atoms with van der Waals surface area (Å²) in [6.45, 7) is 0.300. The summed E-state index contributed by atoms with van der Waals surface area (Å²) >= 11 is 0. The van der Waals surface area contributed by atoms with Crippen LogP contribution in [0.25, 0.3) is 23.1 Å². The van der Waals surface area contributed by atoms with Gasteiger partial charge < -0.3 is 5.11 Å². The van der Waals surface area contributed by atoms with E-state index in [9.17, 15) is 9.59 Å². The molecule has 0 amide bonds. The summed E-state index contributed by atoms with van der Waals surface area (Å²) in [4.78, 5) is 28.1. The van der Waals surface area contributed by atoms with Crippen LogP contribution in [0, 0.1) is 0 Å². The van der Waals surface area contributed by atoms with Crippen molar-refractivity contribution in [2.75, 3.05) is 0 Å². The fraction of sp³-hybridized carbons (Fsp3) is 0.222. The molecule has 0 unspecified atom stereocenters. The van der Waals surface area contributed by atoms with E-state index in [1.54, 1.807) is 35.2 Å². The Morgan fingerprint density at radius 1 is 1.24 bits per heavy atom. The molecular formula is C18H18N4O3. The number of aliphatic carboxylic acids is 1. The molecule has 128 valence electrons. The Hall–Kier alpha value is -3.22. The Morgan fingerprint density at radius 3 is 2.76 bits per heavy atom. The molecule has 0 fully saturated rings. The lowest BCUT2D eigenvalue weighted by molar-refractivity contribution is -0.137. The van der Waals surface area contributed by atoms with E-state index in [2.05, 4.69) is 10.1 Å². The lowest BCUT2D eigenvalue weighted by Crippen LogP contribution is -2.24. The van der Waals surface area contributed by atoms with Crippen LogP contribution in [0.5, 0.6) is 0 Å². The highest BCUT2D eigenvalue weighted by molar-refractivity contribution is 5.79. The van der Waals surface area contributed by atoms with Crippen LogP contribution in [0.4, 0.5) is 0 Å². The van der Waals surface area contributed by atoms with Crippen LogP contribution in [-0.4, -0.2) is 30.4 Å². The van der Waals surface area contributed by atoms with E-state index in [1.807, 2.05) is 25.3 Å². The maximum Gasteiger partial charge on any atom is 0.303 e. The van der Waals surface area contributed by atoms with Crippen LogP contribution >= 0.6 is 0 Å². The smallest absolute Gasteiger partial charge is 0.303 e. The van der Waals surface area contributed by atoms with Gasteiger partial charge >= 0.3 is 5.97 Å². The van der Waals surface area contributed by atoms with Gasteiger partial charge in [-0.25, -0.2) is 4.98 Å². The van der Waals surface area contributed by atoms with E-state index in [4.69, 9.17) is 5.11 Å². The number of hydrogen-bond acceptors (Lipinski definition) is 4. The molecule has 25 heavy (non-hydrogen) atoms. The molecule has 3 rings (SSSR count). The molecule has 2 aromatic heterocycles. The SMILES string of the molecule is Cn1nccc1/C=C\c1nc2ccccc2c(=O)n1CCCC(=O)O. The summed E-state index contributed by atoms with van der Waals surface area (Å²) in [5.41, 5.74) is 1.33. The average Bonchev–Trinajstić information content (AvgIpc) is 3.00. The Kier molecular flexibility index (Phi) is 4.74. The number of carbonyl (C=O) groups is 1. The number of fused-ring (bicyclic) bond motifs is 1. The molecule has 0 saturated heterocycles. The molecule has 1 aromatic carbocycles. The number of carboxylic acids is 1. The summed E-state index contributed by atoms with van der Waals surface area (Å²) < 4.78 is 3.24. The van der Waals surface area contributed by atoms with Crippen molar-refractivity contribution in [1.82, 2.24) is 19.3 Å². The van der Waals surface area contributed by atoms with Gasteiger partial charge in [-0.15, -0.1) is 0 Å². The fourth-order valence-electron chi connectivity index (χ4n) is 2.62. The van der Waals surface area contributed by atoms with Crippen molar-refractivity contribution < 1.29 is 9.90 Å². The predicted octanol–water partition coefficient (Wildman–Crippen LogP) is 2.17. The first-order chi connectivity index (χ1) is 12.1. The Balaban J connectivity index is 2.04. The van der Waals surface area contributed by atoms with Crippen LogP contribution < -0.4 is 5.56 Å². The van der Waals surface area contributed by atoms with Gasteiger partial charge in [0.2, 0.25) is 0 Å². The first-order valence-electron chi connectivity index (χ1n) is 7.94. The number of carboxylic acid groups (broad SMARTS) is 1. The molecule has 0 atom stereocenters. The largest absolute Gasteiger partial charge is 0.481 e. The zero-order valence-corrected chi connectivity index (χ0v) is 13.8. The zero-order chi connectivity index (χ0) is 17.8. The fourth-order valence-corrected chi connectivity index (χ4v) is 2.62. The van der Waals surface area contributed by atoms with Crippen LogP contribution in [0.2, 0.25) is 0 Å². The van der Waals surface area contributed by atoms with E-state index in [1.165, 1.54) is 4.57 Å². The maximum absolute atomic E-state index is 12.8. The molecule has 7 nitrogen and oxygen atoms in total. The van der Waals surface area contributed by atoms with Gasteiger partial charge in [-0.3, -0.25) is 18.8 Å². The molecule has 2 heterocycles. The summed E-state index contributed by atoms with van der Waals surface area (Å²) in [5, 5.41) is 13.5. The Labute approximate surface area is 143 Å².